The maximum absolute atomic E-state index is 12.6. The number of aromatic nitrogens is 1. The first-order valence-electron chi connectivity index (χ1n) is 13.0. The number of rotatable bonds is 11. The third-order valence-electron chi connectivity index (χ3n) is 6.42. The maximum atomic E-state index is 12.6. The average molecular weight is 529 g/mol. The van der Waals surface area contributed by atoms with E-state index in [0.29, 0.717) is 17.3 Å². The Labute approximate surface area is 229 Å². The van der Waals surface area contributed by atoms with Crippen molar-refractivity contribution in [2.24, 2.45) is 5.10 Å². The summed E-state index contributed by atoms with van der Waals surface area (Å²) in [4.78, 5) is 14.6. The number of ether oxygens (including phenoxy) is 2. The predicted octanol–water partition coefficient (Wildman–Crippen LogP) is 6.27. The van der Waals surface area contributed by atoms with Crippen molar-refractivity contribution < 1.29 is 18.7 Å². The number of carbonyl (C=O) groups excluding carboxylic acids is 1. The average Bonchev–Trinajstić information content (AvgIpc) is 3.54. The zero-order chi connectivity index (χ0) is 27.9. The van der Waals surface area contributed by atoms with Crippen LogP contribution in [0, 0.1) is 13.8 Å². The molecule has 0 bridgehead atoms. The Balaban J connectivity index is 1.34. The van der Waals surface area contributed by atoms with Gasteiger partial charge in [-0.3, -0.25) is 4.79 Å². The molecule has 1 amide bonds. The topological polar surface area (TPSA) is 81.2 Å². The Hall–Kier alpha value is -4.46. The number of nitrogens with zero attached hydrogens (tertiary/aromatic N) is 3. The lowest BCUT2D eigenvalue weighted by molar-refractivity contribution is 0.0923. The number of hydrazone groups is 1. The number of nitrogens with one attached hydrogen (secondary N) is 1. The first-order chi connectivity index (χ1) is 18.7. The van der Waals surface area contributed by atoms with E-state index in [4.69, 9.17) is 13.9 Å². The van der Waals surface area contributed by atoms with E-state index in [1.807, 2.05) is 68.4 Å². The van der Waals surface area contributed by atoms with E-state index in [2.05, 4.69) is 48.0 Å². The fraction of sp³-hybridized carbons (Fsp3) is 0.290. The number of carbonyl (C=O) groups is 1. The standard InChI is InChI=1S/C31H36N4O4/c1-7-23(4)38-30-18-26(34(5)6)11-10-24(30)19-32-33-31(36)29-17-16-28(39-29)20-37-27-14-12-25(13-15-27)35-21(2)8-9-22(35)3/h8-19,23H,7,20H2,1-6H3,(H,33,36)/b32-19+/t23-/m1/s1. The van der Waals surface area contributed by atoms with Crippen LogP contribution in [-0.4, -0.2) is 36.9 Å². The molecule has 0 saturated heterocycles. The number of anilines is 1. The summed E-state index contributed by atoms with van der Waals surface area (Å²) in [6.45, 7) is 8.44. The van der Waals surface area contributed by atoms with Gasteiger partial charge in [-0.2, -0.15) is 5.10 Å². The zero-order valence-corrected chi connectivity index (χ0v) is 23.4. The summed E-state index contributed by atoms with van der Waals surface area (Å²) in [6, 6.07) is 21.2. The molecule has 0 aliphatic carbocycles. The first kappa shape index (κ1) is 27.6. The summed E-state index contributed by atoms with van der Waals surface area (Å²) in [7, 11) is 3.95. The quantitative estimate of drug-likeness (QED) is 0.183. The van der Waals surface area contributed by atoms with Crippen molar-refractivity contribution in [3.05, 3.63) is 95.2 Å². The van der Waals surface area contributed by atoms with Crippen LogP contribution in [0.5, 0.6) is 11.5 Å². The summed E-state index contributed by atoms with van der Waals surface area (Å²) in [5.74, 6) is 1.66. The Morgan fingerprint density at radius 1 is 1.05 bits per heavy atom. The van der Waals surface area contributed by atoms with Gasteiger partial charge in [-0.15, -0.1) is 0 Å². The van der Waals surface area contributed by atoms with E-state index in [1.165, 1.54) is 11.4 Å². The van der Waals surface area contributed by atoms with Gasteiger partial charge in [-0.25, -0.2) is 5.43 Å². The van der Waals surface area contributed by atoms with Crippen molar-refractivity contribution in [3.8, 4) is 17.2 Å². The molecule has 1 N–H and O–H groups in total. The molecule has 0 spiro atoms. The van der Waals surface area contributed by atoms with Crippen LogP contribution in [0.25, 0.3) is 5.69 Å². The number of hydrogen-bond acceptors (Lipinski definition) is 6. The van der Waals surface area contributed by atoms with Crippen molar-refractivity contribution in [2.45, 2.75) is 46.8 Å². The second-order valence-corrected chi connectivity index (χ2v) is 9.65. The molecule has 4 rings (SSSR count). The fourth-order valence-corrected chi connectivity index (χ4v) is 4.02. The van der Waals surface area contributed by atoms with E-state index >= 15 is 0 Å². The van der Waals surface area contributed by atoms with Gasteiger partial charge in [0.1, 0.15) is 23.9 Å². The molecule has 0 unspecified atom stereocenters. The van der Waals surface area contributed by atoms with Crippen LogP contribution in [0.1, 0.15) is 53.5 Å². The molecular formula is C31H36N4O4. The molecule has 8 nitrogen and oxygen atoms in total. The first-order valence-corrected chi connectivity index (χ1v) is 13.0. The van der Waals surface area contributed by atoms with Gasteiger partial charge in [0, 0.05) is 48.5 Å². The molecule has 4 aromatic rings. The van der Waals surface area contributed by atoms with Crippen LogP contribution < -0.4 is 19.8 Å². The van der Waals surface area contributed by atoms with E-state index < -0.39 is 5.91 Å². The molecular weight excluding hydrogens is 492 g/mol. The number of hydrogen-bond donors (Lipinski definition) is 1. The van der Waals surface area contributed by atoms with Gasteiger partial charge in [0.05, 0.1) is 12.3 Å². The zero-order valence-electron chi connectivity index (χ0n) is 23.4. The summed E-state index contributed by atoms with van der Waals surface area (Å²) >= 11 is 0. The van der Waals surface area contributed by atoms with E-state index in [1.54, 1.807) is 18.3 Å². The van der Waals surface area contributed by atoms with Crippen LogP contribution in [0.15, 0.2) is 76.2 Å². The highest BCUT2D eigenvalue weighted by atomic mass is 16.5. The van der Waals surface area contributed by atoms with Gasteiger partial charge in [-0.1, -0.05) is 6.92 Å². The van der Waals surface area contributed by atoms with Crippen LogP contribution in [0.3, 0.4) is 0 Å². The van der Waals surface area contributed by atoms with Crippen LogP contribution >= 0.6 is 0 Å². The summed E-state index contributed by atoms with van der Waals surface area (Å²) in [6.07, 6.45) is 2.50. The lowest BCUT2D eigenvalue weighted by Crippen LogP contribution is -2.17. The minimum absolute atomic E-state index is 0.0543. The molecule has 2 aromatic heterocycles. The molecule has 0 radical (unpaired) electrons. The van der Waals surface area contributed by atoms with Gasteiger partial charge >= 0.3 is 5.91 Å². The lowest BCUT2D eigenvalue weighted by Gasteiger charge is -2.18. The lowest BCUT2D eigenvalue weighted by atomic mass is 10.2. The van der Waals surface area contributed by atoms with E-state index in [9.17, 15) is 4.79 Å². The van der Waals surface area contributed by atoms with Gasteiger partial charge in [-0.05, 0) is 87.9 Å². The molecule has 8 heteroatoms. The van der Waals surface area contributed by atoms with Gasteiger partial charge in [0.15, 0.2) is 5.76 Å². The van der Waals surface area contributed by atoms with Crippen molar-refractivity contribution in [2.75, 3.05) is 19.0 Å². The van der Waals surface area contributed by atoms with Crippen LogP contribution in [-0.2, 0) is 6.61 Å². The summed E-state index contributed by atoms with van der Waals surface area (Å²) in [5.41, 5.74) is 7.73. The number of furan rings is 1. The molecule has 204 valence electrons. The Kier molecular flexibility index (Phi) is 8.76. The highest BCUT2D eigenvalue weighted by Crippen LogP contribution is 2.25. The third-order valence-corrected chi connectivity index (χ3v) is 6.42. The molecule has 39 heavy (non-hydrogen) atoms. The summed E-state index contributed by atoms with van der Waals surface area (Å²) in [5, 5.41) is 4.12. The SMILES string of the molecule is CC[C@@H](C)Oc1cc(N(C)C)ccc1/C=N/NC(=O)c1ccc(COc2ccc(-n3c(C)ccc3C)cc2)o1. The van der Waals surface area contributed by atoms with Gasteiger partial charge in [0.2, 0.25) is 0 Å². The normalized spacial score (nSPS) is 11.9. The van der Waals surface area contributed by atoms with Gasteiger partial charge < -0.3 is 23.4 Å². The van der Waals surface area contributed by atoms with Crippen LogP contribution in [0.4, 0.5) is 5.69 Å². The largest absolute Gasteiger partial charge is 0.490 e. The predicted molar refractivity (Wildman–Crippen MR) is 154 cm³/mol. The van der Waals surface area contributed by atoms with Crippen molar-refractivity contribution >= 4 is 17.8 Å². The molecule has 0 saturated carbocycles. The molecule has 2 heterocycles. The van der Waals surface area contributed by atoms with Crippen LogP contribution in [0.2, 0.25) is 0 Å². The molecule has 0 fully saturated rings. The molecule has 2 aromatic carbocycles. The number of amides is 1. The maximum Gasteiger partial charge on any atom is 0.307 e. The highest BCUT2D eigenvalue weighted by molar-refractivity contribution is 5.93. The highest BCUT2D eigenvalue weighted by Gasteiger charge is 2.12. The van der Waals surface area contributed by atoms with E-state index in [0.717, 1.165) is 23.4 Å². The van der Waals surface area contributed by atoms with Gasteiger partial charge in [0.25, 0.3) is 0 Å². The Morgan fingerprint density at radius 2 is 1.77 bits per heavy atom. The second-order valence-electron chi connectivity index (χ2n) is 9.65. The fourth-order valence-electron chi connectivity index (χ4n) is 4.02. The van der Waals surface area contributed by atoms with Crippen molar-refractivity contribution in [3.63, 3.8) is 0 Å². The Morgan fingerprint density at radius 3 is 2.44 bits per heavy atom. The monoisotopic (exact) mass is 528 g/mol. The van der Waals surface area contributed by atoms with Crippen molar-refractivity contribution in [1.29, 1.82) is 0 Å². The van der Waals surface area contributed by atoms with Crippen molar-refractivity contribution in [1.82, 2.24) is 9.99 Å². The summed E-state index contributed by atoms with van der Waals surface area (Å²) < 4.78 is 19.8. The molecule has 0 aliphatic heterocycles. The van der Waals surface area contributed by atoms with E-state index in [-0.39, 0.29) is 18.5 Å². The minimum atomic E-state index is -0.450. The number of aryl methyl sites for hydroxylation is 2. The molecule has 0 aliphatic rings. The third kappa shape index (κ3) is 6.90. The Bertz CT molecular complexity index is 1410. The minimum Gasteiger partial charge on any atom is -0.490 e. The number of benzene rings is 2. The molecule has 1 atom stereocenters. The smallest absolute Gasteiger partial charge is 0.307 e. The second kappa shape index (κ2) is 12.4.